The number of nitrogens with zero attached hydrogens (tertiary/aromatic N) is 1. The van der Waals surface area contributed by atoms with Crippen molar-refractivity contribution in [1.29, 1.82) is 0 Å². The molecule has 0 spiro atoms. The Morgan fingerprint density at radius 3 is 2.62 bits per heavy atom. The summed E-state index contributed by atoms with van der Waals surface area (Å²) in [6, 6.07) is 16.2. The van der Waals surface area contributed by atoms with Crippen molar-refractivity contribution in [3.63, 3.8) is 0 Å². The normalized spacial score (nSPS) is 14.3. The Morgan fingerprint density at radius 1 is 1.06 bits per heavy atom. The van der Waals surface area contributed by atoms with Gasteiger partial charge in [-0.3, -0.25) is 0 Å². The monoisotopic (exact) mass is 471 g/mol. The molecule has 0 aliphatic carbocycles. The van der Waals surface area contributed by atoms with Crippen LogP contribution in [0.15, 0.2) is 71.4 Å². The molecule has 3 aromatic rings. The fourth-order valence-corrected chi connectivity index (χ4v) is 3.47. The topological polar surface area (TPSA) is 57.1 Å². The molecular formula is C24H16Cl2FNO4. The first-order chi connectivity index (χ1) is 15.4. The van der Waals surface area contributed by atoms with E-state index in [1.54, 1.807) is 48.5 Å². The molecule has 8 heteroatoms. The van der Waals surface area contributed by atoms with Crippen LogP contribution in [0.3, 0.4) is 0 Å². The fraction of sp³-hybridized carbons (Fsp3) is 0.0833. The van der Waals surface area contributed by atoms with Crippen LogP contribution >= 0.6 is 23.2 Å². The average Bonchev–Trinajstić information content (AvgIpc) is 3.13. The van der Waals surface area contributed by atoms with Crippen LogP contribution in [0.4, 0.5) is 4.39 Å². The predicted molar refractivity (Wildman–Crippen MR) is 121 cm³/mol. The van der Waals surface area contributed by atoms with Crippen LogP contribution in [-0.2, 0) is 16.1 Å². The first-order valence-corrected chi connectivity index (χ1v) is 10.2. The van der Waals surface area contributed by atoms with E-state index < -0.39 is 11.8 Å². The summed E-state index contributed by atoms with van der Waals surface area (Å²) in [6.45, 7) is 0.218. The van der Waals surface area contributed by atoms with Crippen molar-refractivity contribution in [2.75, 3.05) is 7.11 Å². The number of methoxy groups -OCH3 is 1. The zero-order chi connectivity index (χ0) is 22.7. The molecule has 4 rings (SSSR count). The minimum absolute atomic E-state index is 0.0481. The van der Waals surface area contributed by atoms with Crippen molar-refractivity contribution < 1.29 is 23.4 Å². The first kappa shape index (κ1) is 21.9. The second kappa shape index (κ2) is 9.42. The van der Waals surface area contributed by atoms with E-state index >= 15 is 0 Å². The summed E-state index contributed by atoms with van der Waals surface area (Å²) < 4.78 is 30.3. The van der Waals surface area contributed by atoms with Crippen molar-refractivity contribution in [1.82, 2.24) is 0 Å². The van der Waals surface area contributed by atoms with Crippen LogP contribution in [0.25, 0.3) is 6.08 Å². The van der Waals surface area contributed by atoms with Crippen LogP contribution in [0.1, 0.15) is 16.7 Å². The summed E-state index contributed by atoms with van der Waals surface area (Å²) >= 11 is 12.1. The standard InChI is InChI=1S/C24H16Cl2FNO4/c1-30-22-11-14(6-9-21(22)31-13-15-7-8-16(25)12-18(15)26)10-20-24(29)32-23(28-20)17-4-2-3-5-19(17)27/h2-12H,13H2,1H3. The Hall–Kier alpha value is -3.35. The molecule has 162 valence electrons. The van der Waals surface area contributed by atoms with Gasteiger partial charge in [0.1, 0.15) is 12.4 Å². The van der Waals surface area contributed by atoms with Gasteiger partial charge in [-0.2, -0.15) is 0 Å². The maximum Gasteiger partial charge on any atom is 0.363 e. The molecule has 0 unspecified atom stereocenters. The van der Waals surface area contributed by atoms with E-state index in [2.05, 4.69) is 4.99 Å². The van der Waals surface area contributed by atoms with Crippen LogP contribution in [0.2, 0.25) is 10.0 Å². The Bertz CT molecular complexity index is 1260. The van der Waals surface area contributed by atoms with Gasteiger partial charge < -0.3 is 14.2 Å². The molecule has 0 N–H and O–H groups in total. The van der Waals surface area contributed by atoms with E-state index in [4.69, 9.17) is 37.4 Å². The number of esters is 1. The average molecular weight is 472 g/mol. The number of rotatable bonds is 6. The molecule has 0 amide bonds. The third kappa shape index (κ3) is 4.77. The highest BCUT2D eigenvalue weighted by molar-refractivity contribution is 6.35. The quantitative estimate of drug-likeness (QED) is 0.323. The van der Waals surface area contributed by atoms with Gasteiger partial charge in [-0.25, -0.2) is 14.2 Å². The molecule has 0 aromatic heterocycles. The summed E-state index contributed by atoms with van der Waals surface area (Å²) in [5.74, 6) is -0.324. The molecule has 32 heavy (non-hydrogen) atoms. The second-order valence-corrected chi connectivity index (χ2v) is 7.59. The Morgan fingerprint density at radius 2 is 1.88 bits per heavy atom. The zero-order valence-corrected chi connectivity index (χ0v) is 18.3. The highest BCUT2D eigenvalue weighted by Gasteiger charge is 2.26. The lowest BCUT2D eigenvalue weighted by molar-refractivity contribution is -0.129. The molecule has 5 nitrogen and oxygen atoms in total. The predicted octanol–water partition coefficient (Wildman–Crippen LogP) is 6.06. The smallest absolute Gasteiger partial charge is 0.363 e. The molecule has 0 saturated carbocycles. The van der Waals surface area contributed by atoms with Gasteiger partial charge in [0.2, 0.25) is 5.90 Å². The van der Waals surface area contributed by atoms with Crippen molar-refractivity contribution >= 4 is 41.1 Å². The van der Waals surface area contributed by atoms with Gasteiger partial charge in [0.15, 0.2) is 17.2 Å². The third-order valence-corrected chi connectivity index (χ3v) is 5.20. The van der Waals surface area contributed by atoms with Gasteiger partial charge >= 0.3 is 5.97 Å². The number of hydrogen-bond donors (Lipinski definition) is 0. The maximum absolute atomic E-state index is 14.0. The number of aliphatic imine (C=N–C) groups is 1. The lowest BCUT2D eigenvalue weighted by atomic mass is 10.1. The number of hydrogen-bond acceptors (Lipinski definition) is 5. The van der Waals surface area contributed by atoms with Crippen LogP contribution in [0, 0.1) is 5.82 Å². The van der Waals surface area contributed by atoms with Crippen LogP contribution in [0.5, 0.6) is 11.5 Å². The molecule has 1 aliphatic rings. The molecular weight excluding hydrogens is 456 g/mol. The van der Waals surface area contributed by atoms with Gasteiger partial charge in [-0.1, -0.05) is 47.5 Å². The Kier molecular flexibility index (Phi) is 6.44. The van der Waals surface area contributed by atoms with Crippen molar-refractivity contribution in [2.45, 2.75) is 6.61 Å². The molecule has 0 fully saturated rings. The van der Waals surface area contributed by atoms with Gasteiger partial charge in [-0.15, -0.1) is 0 Å². The minimum atomic E-state index is -0.667. The van der Waals surface area contributed by atoms with Crippen molar-refractivity contribution in [3.8, 4) is 11.5 Å². The van der Waals surface area contributed by atoms with Crippen LogP contribution < -0.4 is 9.47 Å². The third-order valence-electron chi connectivity index (χ3n) is 4.61. The van der Waals surface area contributed by atoms with Crippen molar-refractivity contribution in [3.05, 3.63) is 98.9 Å². The van der Waals surface area contributed by atoms with E-state index in [1.807, 2.05) is 0 Å². The SMILES string of the molecule is COc1cc(C=C2N=C(c3ccccc3F)OC2=O)ccc1OCc1ccc(Cl)cc1Cl. The van der Waals surface area contributed by atoms with Crippen LogP contribution in [-0.4, -0.2) is 19.0 Å². The summed E-state index contributed by atoms with van der Waals surface area (Å²) in [5, 5.41) is 1.04. The van der Waals surface area contributed by atoms with Gasteiger partial charge in [-0.05, 0) is 48.0 Å². The van der Waals surface area contributed by atoms with E-state index in [1.165, 1.54) is 25.3 Å². The largest absolute Gasteiger partial charge is 0.493 e. The molecule has 3 aromatic carbocycles. The highest BCUT2D eigenvalue weighted by atomic mass is 35.5. The van der Waals surface area contributed by atoms with E-state index in [0.717, 1.165) is 5.56 Å². The number of halogens is 3. The molecule has 0 saturated heterocycles. The fourth-order valence-electron chi connectivity index (χ4n) is 3.00. The molecule has 1 aliphatic heterocycles. The molecule has 0 radical (unpaired) electrons. The van der Waals surface area contributed by atoms with E-state index in [0.29, 0.717) is 27.1 Å². The van der Waals surface area contributed by atoms with Gasteiger partial charge in [0, 0.05) is 15.6 Å². The van der Waals surface area contributed by atoms with Crippen molar-refractivity contribution in [2.24, 2.45) is 4.99 Å². The second-order valence-electron chi connectivity index (χ2n) is 6.75. The van der Waals surface area contributed by atoms with Gasteiger partial charge in [0.25, 0.3) is 0 Å². The number of ether oxygens (including phenoxy) is 3. The zero-order valence-electron chi connectivity index (χ0n) is 16.8. The van der Waals surface area contributed by atoms with Gasteiger partial charge in [0.05, 0.1) is 12.7 Å². The minimum Gasteiger partial charge on any atom is -0.493 e. The summed E-state index contributed by atoms with van der Waals surface area (Å²) in [5.41, 5.74) is 1.57. The Balaban J connectivity index is 1.55. The highest BCUT2D eigenvalue weighted by Crippen LogP contribution is 2.31. The number of carbonyl (C=O) groups is 1. The Labute approximate surface area is 193 Å². The molecule has 0 atom stereocenters. The maximum atomic E-state index is 14.0. The summed E-state index contributed by atoms with van der Waals surface area (Å²) in [6.07, 6.45) is 1.53. The number of benzene rings is 3. The molecule has 0 bridgehead atoms. The molecule has 1 heterocycles. The number of cyclic esters (lactones) is 1. The lowest BCUT2D eigenvalue weighted by Gasteiger charge is -2.12. The number of carbonyl (C=O) groups excluding carboxylic acids is 1. The summed E-state index contributed by atoms with van der Waals surface area (Å²) in [4.78, 5) is 16.3. The first-order valence-electron chi connectivity index (χ1n) is 9.47. The summed E-state index contributed by atoms with van der Waals surface area (Å²) in [7, 11) is 1.51. The van der Waals surface area contributed by atoms with E-state index in [-0.39, 0.29) is 23.8 Å². The van der Waals surface area contributed by atoms with E-state index in [9.17, 15) is 9.18 Å². The lowest BCUT2D eigenvalue weighted by Crippen LogP contribution is -2.07.